The number of thioether (sulfide) groups is 1. The van der Waals surface area contributed by atoms with Crippen LogP contribution >= 0.6 is 23.4 Å². The third kappa shape index (κ3) is 5.40. The Morgan fingerprint density at radius 1 is 1.09 bits per heavy atom. The minimum Gasteiger partial charge on any atom is -0.494 e. The number of aryl methyl sites for hydroxylation is 2. The summed E-state index contributed by atoms with van der Waals surface area (Å²) in [5, 5.41) is 12.8. The van der Waals surface area contributed by atoms with Gasteiger partial charge in [-0.1, -0.05) is 29.4 Å². The largest absolute Gasteiger partial charge is 0.494 e. The summed E-state index contributed by atoms with van der Waals surface area (Å²) in [4.78, 5) is 16.8. The number of rotatable bonds is 8. The van der Waals surface area contributed by atoms with E-state index in [0.717, 1.165) is 28.1 Å². The Kier molecular flexibility index (Phi) is 7.49. The van der Waals surface area contributed by atoms with Crippen molar-refractivity contribution in [1.29, 1.82) is 0 Å². The van der Waals surface area contributed by atoms with Crippen LogP contribution in [0.15, 0.2) is 66.1 Å². The maximum atomic E-state index is 12.7. The summed E-state index contributed by atoms with van der Waals surface area (Å²) in [6.07, 6.45) is 3.42. The predicted octanol–water partition coefficient (Wildman–Crippen LogP) is 5.73. The summed E-state index contributed by atoms with van der Waals surface area (Å²) in [6.45, 7) is 6.43. The minimum absolute atomic E-state index is 0.148. The molecule has 0 unspecified atom stereocenters. The van der Waals surface area contributed by atoms with Gasteiger partial charge in [0.25, 0.3) is 0 Å². The SMILES string of the molecule is CCOc1ccc(-n2c(SCC(=O)Nc3c(C)cc(C)cc3Cl)nnc2-c2ccncc2)cc1. The molecule has 174 valence electrons. The van der Waals surface area contributed by atoms with Gasteiger partial charge in [0.15, 0.2) is 11.0 Å². The lowest BCUT2D eigenvalue weighted by Crippen LogP contribution is -2.16. The molecule has 34 heavy (non-hydrogen) atoms. The van der Waals surface area contributed by atoms with Crippen LogP contribution in [-0.2, 0) is 4.79 Å². The van der Waals surface area contributed by atoms with Crippen LogP contribution in [0, 0.1) is 13.8 Å². The molecule has 2 aromatic carbocycles. The Bertz CT molecular complexity index is 1270. The molecular formula is C25H24ClN5O2S. The number of halogens is 1. The number of nitrogens with zero attached hydrogens (tertiary/aromatic N) is 4. The average Bonchev–Trinajstić information content (AvgIpc) is 3.25. The highest BCUT2D eigenvalue weighted by atomic mass is 35.5. The molecule has 0 saturated heterocycles. The highest BCUT2D eigenvalue weighted by Gasteiger charge is 2.18. The number of pyridine rings is 1. The van der Waals surface area contributed by atoms with Crippen LogP contribution in [0.2, 0.25) is 5.02 Å². The van der Waals surface area contributed by atoms with Crippen molar-refractivity contribution in [3.63, 3.8) is 0 Å². The summed E-state index contributed by atoms with van der Waals surface area (Å²) in [7, 11) is 0. The first-order valence-electron chi connectivity index (χ1n) is 10.7. The number of hydrogen-bond donors (Lipinski definition) is 1. The maximum Gasteiger partial charge on any atom is 0.234 e. The van der Waals surface area contributed by atoms with Crippen LogP contribution in [0.25, 0.3) is 17.1 Å². The highest BCUT2D eigenvalue weighted by molar-refractivity contribution is 7.99. The van der Waals surface area contributed by atoms with Gasteiger partial charge in [0.1, 0.15) is 5.75 Å². The van der Waals surface area contributed by atoms with Crippen molar-refractivity contribution in [2.45, 2.75) is 25.9 Å². The molecule has 0 aliphatic rings. The van der Waals surface area contributed by atoms with Gasteiger partial charge in [0.05, 0.1) is 23.1 Å². The smallest absolute Gasteiger partial charge is 0.234 e. The van der Waals surface area contributed by atoms with Crippen LogP contribution in [0.1, 0.15) is 18.1 Å². The highest BCUT2D eigenvalue weighted by Crippen LogP contribution is 2.30. The fourth-order valence-electron chi connectivity index (χ4n) is 3.52. The van der Waals surface area contributed by atoms with E-state index in [4.69, 9.17) is 16.3 Å². The number of anilines is 1. The van der Waals surface area contributed by atoms with E-state index in [-0.39, 0.29) is 11.7 Å². The number of aromatic nitrogens is 4. The standard InChI is InChI=1S/C25H24ClN5O2S/c1-4-33-20-7-5-19(6-8-20)31-24(18-9-11-27-12-10-18)29-30-25(31)34-15-22(32)28-23-17(3)13-16(2)14-21(23)26/h5-14H,4,15H2,1-3H3,(H,28,32). The van der Waals surface area contributed by atoms with Crippen LogP contribution < -0.4 is 10.1 Å². The molecule has 0 aliphatic heterocycles. The lowest BCUT2D eigenvalue weighted by atomic mass is 10.1. The summed E-state index contributed by atoms with van der Waals surface area (Å²) in [5.74, 6) is 1.41. The number of hydrogen-bond acceptors (Lipinski definition) is 6. The van der Waals surface area contributed by atoms with Gasteiger partial charge in [0.2, 0.25) is 5.91 Å². The van der Waals surface area contributed by atoms with Gasteiger partial charge in [0, 0.05) is 23.6 Å². The van der Waals surface area contributed by atoms with Crippen molar-refractivity contribution >= 4 is 35.0 Å². The monoisotopic (exact) mass is 493 g/mol. The zero-order valence-electron chi connectivity index (χ0n) is 19.1. The first-order chi connectivity index (χ1) is 16.5. The molecule has 0 atom stereocenters. The third-order valence-corrected chi connectivity index (χ3v) is 6.23. The third-order valence-electron chi connectivity index (χ3n) is 5.01. The molecule has 0 spiro atoms. The maximum absolute atomic E-state index is 12.7. The summed E-state index contributed by atoms with van der Waals surface area (Å²) < 4.78 is 7.49. The molecule has 2 heterocycles. The van der Waals surface area contributed by atoms with Crippen molar-refractivity contribution in [2.24, 2.45) is 0 Å². The topological polar surface area (TPSA) is 81.9 Å². The quantitative estimate of drug-likeness (QED) is 0.316. The van der Waals surface area contributed by atoms with Gasteiger partial charge < -0.3 is 10.1 Å². The molecule has 1 amide bonds. The first-order valence-corrected chi connectivity index (χ1v) is 12.1. The van der Waals surface area contributed by atoms with E-state index in [1.54, 1.807) is 12.4 Å². The number of nitrogens with one attached hydrogen (secondary N) is 1. The Balaban J connectivity index is 1.59. The van der Waals surface area contributed by atoms with Gasteiger partial charge in [-0.05, 0) is 74.4 Å². The van der Waals surface area contributed by atoms with Crippen LogP contribution in [0.5, 0.6) is 5.75 Å². The number of amides is 1. The van der Waals surface area contributed by atoms with E-state index in [2.05, 4.69) is 20.5 Å². The molecule has 9 heteroatoms. The molecule has 1 N–H and O–H groups in total. The number of carbonyl (C=O) groups is 1. The van der Waals surface area contributed by atoms with E-state index >= 15 is 0 Å². The number of benzene rings is 2. The molecular weight excluding hydrogens is 470 g/mol. The Labute approximate surface area is 207 Å². The Hall–Kier alpha value is -3.36. The zero-order valence-corrected chi connectivity index (χ0v) is 20.7. The molecule has 0 radical (unpaired) electrons. The summed E-state index contributed by atoms with van der Waals surface area (Å²) in [6, 6.07) is 15.3. The minimum atomic E-state index is -0.175. The fraction of sp³-hybridized carbons (Fsp3) is 0.200. The van der Waals surface area contributed by atoms with Crippen LogP contribution in [0.4, 0.5) is 5.69 Å². The van der Waals surface area contributed by atoms with Gasteiger partial charge in [-0.15, -0.1) is 10.2 Å². The first kappa shape index (κ1) is 23.8. The normalized spacial score (nSPS) is 10.8. The molecule has 0 saturated carbocycles. The van der Waals surface area contributed by atoms with Crippen LogP contribution in [-0.4, -0.2) is 38.0 Å². The number of carbonyl (C=O) groups excluding carboxylic acids is 1. The Morgan fingerprint density at radius 2 is 1.82 bits per heavy atom. The van der Waals surface area contributed by atoms with E-state index in [9.17, 15) is 4.79 Å². The molecule has 4 rings (SSSR count). The van der Waals surface area contributed by atoms with E-state index in [0.29, 0.717) is 28.3 Å². The predicted molar refractivity (Wildman–Crippen MR) is 136 cm³/mol. The molecule has 7 nitrogen and oxygen atoms in total. The second-order valence-electron chi connectivity index (χ2n) is 7.58. The zero-order chi connectivity index (χ0) is 24.1. The van der Waals surface area contributed by atoms with Gasteiger partial charge >= 0.3 is 0 Å². The molecule has 2 aromatic heterocycles. The van der Waals surface area contributed by atoms with Gasteiger partial charge in [-0.2, -0.15) is 0 Å². The van der Waals surface area contributed by atoms with Crippen molar-refractivity contribution in [1.82, 2.24) is 19.7 Å². The average molecular weight is 494 g/mol. The number of ether oxygens (including phenoxy) is 1. The van der Waals surface area contributed by atoms with Gasteiger partial charge in [-0.25, -0.2) is 0 Å². The summed E-state index contributed by atoms with van der Waals surface area (Å²) >= 11 is 7.65. The molecule has 0 bridgehead atoms. The molecule has 0 aliphatic carbocycles. The molecule has 4 aromatic rings. The summed E-state index contributed by atoms with van der Waals surface area (Å²) in [5.41, 5.74) is 4.32. The van der Waals surface area contributed by atoms with Crippen LogP contribution in [0.3, 0.4) is 0 Å². The van der Waals surface area contributed by atoms with Crippen molar-refractivity contribution in [2.75, 3.05) is 17.7 Å². The van der Waals surface area contributed by atoms with Gasteiger partial charge in [-0.3, -0.25) is 14.3 Å². The second-order valence-corrected chi connectivity index (χ2v) is 8.93. The second kappa shape index (κ2) is 10.7. The van der Waals surface area contributed by atoms with E-state index in [1.807, 2.05) is 73.9 Å². The van der Waals surface area contributed by atoms with Crippen molar-refractivity contribution in [3.8, 4) is 22.8 Å². The lowest BCUT2D eigenvalue weighted by molar-refractivity contribution is -0.113. The van der Waals surface area contributed by atoms with E-state index in [1.165, 1.54) is 11.8 Å². The van der Waals surface area contributed by atoms with Crippen molar-refractivity contribution in [3.05, 3.63) is 77.1 Å². The lowest BCUT2D eigenvalue weighted by Gasteiger charge is -2.13. The molecule has 0 fully saturated rings. The van der Waals surface area contributed by atoms with Crippen molar-refractivity contribution < 1.29 is 9.53 Å². The fourth-order valence-corrected chi connectivity index (χ4v) is 4.64. The van der Waals surface area contributed by atoms with E-state index < -0.39 is 0 Å². The Morgan fingerprint density at radius 3 is 2.50 bits per heavy atom.